The molecule has 0 saturated heterocycles. The SMILES string of the molecule is CCn1cc(N)c(=O)n(COC)c1=O. The van der Waals surface area contributed by atoms with Crippen LogP contribution in [0, 0.1) is 0 Å². The summed E-state index contributed by atoms with van der Waals surface area (Å²) in [6.45, 7) is 2.18. The van der Waals surface area contributed by atoms with Gasteiger partial charge in [-0.1, -0.05) is 0 Å². The van der Waals surface area contributed by atoms with E-state index in [2.05, 4.69) is 0 Å². The number of aryl methyl sites for hydroxylation is 1. The van der Waals surface area contributed by atoms with Gasteiger partial charge in [-0.25, -0.2) is 9.36 Å². The zero-order valence-corrected chi connectivity index (χ0v) is 8.19. The molecule has 0 radical (unpaired) electrons. The minimum atomic E-state index is -0.512. The van der Waals surface area contributed by atoms with Gasteiger partial charge >= 0.3 is 5.69 Å². The van der Waals surface area contributed by atoms with Gasteiger partial charge < -0.3 is 10.5 Å². The van der Waals surface area contributed by atoms with E-state index in [1.165, 1.54) is 17.9 Å². The smallest absolute Gasteiger partial charge is 0.333 e. The Balaban J connectivity index is 3.45. The van der Waals surface area contributed by atoms with Gasteiger partial charge in [-0.15, -0.1) is 0 Å². The maximum atomic E-state index is 11.6. The van der Waals surface area contributed by atoms with E-state index in [-0.39, 0.29) is 12.4 Å². The lowest BCUT2D eigenvalue weighted by atomic mass is 10.5. The Morgan fingerprint density at radius 3 is 2.64 bits per heavy atom. The molecule has 0 unspecified atom stereocenters. The Kier molecular flexibility index (Phi) is 3.08. The van der Waals surface area contributed by atoms with Crippen LogP contribution in [-0.4, -0.2) is 16.2 Å². The summed E-state index contributed by atoms with van der Waals surface area (Å²) in [7, 11) is 1.41. The molecule has 1 rings (SSSR count). The second-order valence-corrected chi connectivity index (χ2v) is 2.80. The molecule has 78 valence electrons. The van der Waals surface area contributed by atoms with Gasteiger partial charge in [0.15, 0.2) is 0 Å². The molecule has 0 atom stereocenters. The molecule has 0 saturated carbocycles. The van der Waals surface area contributed by atoms with E-state index in [4.69, 9.17) is 10.5 Å². The van der Waals surface area contributed by atoms with Crippen LogP contribution in [0.5, 0.6) is 0 Å². The molecule has 6 nitrogen and oxygen atoms in total. The van der Waals surface area contributed by atoms with E-state index >= 15 is 0 Å². The number of ether oxygens (including phenoxy) is 1. The summed E-state index contributed by atoms with van der Waals surface area (Å²) >= 11 is 0. The molecule has 0 spiro atoms. The molecular weight excluding hydrogens is 186 g/mol. The molecule has 0 amide bonds. The summed E-state index contributed by atoms with van der Waals surface area (Å²) in [5.41, 5.74) is 4.57. The zero-order valence-electron chi connectivity index (χ0n) is 8.19. The van der Waals surface area contributed by atoms with Gasteiger partial charge in [-0.3, -0.25) is 9.36 Å². The van der Waals surface area contributed by atoms with Crippen molar-refractivity contribution in [1.82, 2.24) is 9.13 Å². The molecule has 0 aliphatic heterocycles. The third-order valence-corrected chi connectivity index (χ3v) is 1.86. The average molecular weight is 199 g/mol. The number of anilines is 1. The molecule has 1 aromatic heterocycles. The number of hydrogen-bond donors (Lipinski definition) is 1. The molecule has 0 fully saturated rings. The van der Waals surface area contributed by atoms with Crippen LogP contribution < -0.4 is 17.0 Å². The second-order valence-electron chi connectivity index (χ2n) is 2.80. The normalized spacial score (nSPS) is 10.4. The van der Waals surface area contributed by atoms with Gasteiger partial charge in [0.1, 0.15) is 12.4 Å². The first-order valence-corrected chi connectivity index (χ1v) is 4.20. The fourth-order valence-corrected chi connectivity index (χ4v) is 1.15. The van der Waals surface area contributed by atoms with Gasteiger partial charge in [0.05, 0.1) is 0 Å². The van der Waals surface area contributed by atoms with Crippen LogP contribution in [0.1, 0.15) is 6.92 Å². The van der Waals surface area contributed by atoms with Crippen LogP contribution in [0.4, 0.5) is 5.69 Å². The zero-order chi connectivity index (χ0) is 10.7. The number of nitrogens with zero attached hydrogens (tertiary/aromatic N) is 2. The quantitative estimate of drug-likeness (QED) is 0.692. The summed E-state index contributed by atoms with van der Waals surface area (Å²) in [5.74, 6) is 0. The molecule has 0 bridgehead atoms. The molecule has 2 N–H and O–H groups in total. The topological polar surface area (TPSA) is 79.2 Å². The Bertz CT molecular complexity index is 432. The van der Waals surface area contributed by atoms with Crippen molar-refractivity contribution in [3.05, 3.63) is 27.0 Å². The minimum absolute atomic E-state index is 0.0449. The van der Waals surface area contributed by atoms with Crippen molar-refractivity contribution in [2.45, 2.75) is 20.2 Å². The van der Waals surface area contributed by atoms with Crippen LogP contribution in [0.15, 0.2) is 15.8 Å². The van der Waals surface area contributed by atoms with Crippen molar-refractivity contribution in [1.29, 1.82) is 0 Å². The fourth-order valence-electron chi connectivity index (χ4n) is 1.15. The predicted molar refractivity (Wildman–Crippen MR) is 52.1 cm³/mol. The van der Waals surface area contributed by atoms with Gasteiger partial charge in [0, 0.05) is 19.9 Å². The number of aromatic nitrogens is 2. The lowest BCUT2D eigenvalue weighted by Crippen LogP contribution is -2.40. The van der Waals surface area contributed by atoms with E-state index in [0.29, 0.717) is 6.54 Å². The van der Waals surface area contributed by atoms with Gasteiger partial charge in [-0.05, 0) is 6.92 Å². The summed E-state index contributed by atoms with van der Waals surface area (Å²) in [4.78, 5) is 22.9. The third kappa shape index (κ3) is 1.69. The van der Waals surface area contributed by atoms with Crippen molar-refractivity contribution in [3.8, 4) is 0 Å². The summed E-state index contributed by atoms with van der Waals surface area (Å²) in [6, 6.07) is 0. The second kappa shape index (κ2) is 4.10. The van der Waals surface area contributed by atoms with Crippen molar-refractivity contribution < 1.29 is 4.74 Å². The van der Waals surface area contributed by atoms with Crippen molar-refractivity contribution in [2.24, 2.45) is 0 Å². The summed E-state index contributed by atoms with van der Waals surface area (Å²) < 4.78 is 7.05. The predicted octanol–water partition coefficient (Wildman–Crippen LogP) is -0.784. The first-order chi connectivity index (χ1) is 6.61. The number of nitrogens with two attached hydrogens (primary N) is 1. The minimum Gasteiger partial charge on any atom is -0.393 e. The third-order valence-electron chi connectivity index (χ3n) is 1.86. The van der Waals surface area contributed by atoms with E-state index in [1.807, 2.05) is 0 Å². The summed E-state index contributed by atoms with van der Waals surface area (Å²) in [5, 5.41) is 0. The van der Waals surface area contributed by atoms with Crippen LogP contribution in [-0.2, 0) is 18.0 Å². The number of hydrogen-bond acceptors (Lipinski definition) is 4. The van der Waals surface area contributed by atoms with Gasteiger partial charge in [0.2, 0.25) is 0 Å². The van der Waals surface area contributed by atoms with Crippen LogP contribution >= 0.6 is 0 Å². The number of nitrogen functional groups attached to an aromatic ring is 1. The molecule has 0 aliphatic carbocycles. The Morgan fingerprint density at radius 1 is 1.50 bits per heavy atom. The molecule has 6 heteroatoms. The van der Waals surface area contributed by atoms with Crippen LogP contribution in [0.25, 0.3) is 0 Å². The Labute approximate surface area is 80.5 Å². The largest absolute Gasteiger partial charge is 0.393 e. The van der Waals surface area contributed by atoms with E-state index in [1.54, 1.807) is 6.92 Å². The standard InChI is InChI=1S/C8H13N3O3/c1-3-10-4-6(9)7(12)11(5-14-2)8(10)13/h4H,3,5,9H2,1-2H3. The van der Waals surface area contributed by atoms with Crippen LogP contribution in [0.2, 0.25) is 0 Å². The van der Waals surface area contributed by atoms with Crippen molar-refractivity contribution in [3.63, 3.8) is 0 Å². The first-order valence-electron chi connectivity index (χ1n) is 4.20. The van der Waals surface area contributed by atoms with Gasteiger partial charge in [0.25, 0.3) is 5.56 Å². The maximum absolute atomic E-state index is 11.6. The highest BCUT2D eigenvalue weighted by Crippen LogP contribution is 1.89. The lowest BCUT2D eigenvalue weighted by molar-refractivity contribution is 0.123. The average Bonchev–Trinajstić information content (AvgIpc) is 2.18. The number of rotatable bonds is 3. The highest BCUT2D eigenvalue weighted by Gasteiger charge is 2.07. The number of methoxy groups -OCH3 is 1. The Hall–Kier alpha value is -1.56. The highest BCUT2D eigenvalue weighted by molar-refractivity contribution is 5.30. The van der Waals surface area contributed by atoms with E-state index in [0.717, 1.165) is 4.57 Å². The van der Waals surface area contributed by atoms with E-state index < -0.39 is 11.2 Å². The van der Waals surface area contributed by atoms with Gasteiger partial charge in [-0.2, -0.15) is 0 Å². The summed E-state index contributed by atoms with van der Waals surface area (Å²) in [6.07, 6.45) is 1.34. The molecule has 14 heavy (non-hydrogen) atoms. The van der Waals surface area contributed by atoms with Crippen molar-refractivity contribution in [2.75, 3.05) is 12.8 Å². The molecule has 0 aromatic carbocycles. The van der Waals surface area contributed by atoms with Crippen LogP contribution in [0.3, 0.4) is 0 Å². The van der Waals surface area contributed by atoms with E-state index in [9.17, 15) is 9.59 Å². The van der Waals surface area contributed by atoms with Crippen molar-refractivity contribution >= 4 is 5.69 Å². The molecule has 1 heterocycles. The molecular formula is C8H13N3O3. The molecule has 0 aliphatic rings. The Morgan fingerprint density at radius 2 is 2.14 bits per heavy atom. The maximum Gasteiger partial charge on any atom is 0.333 e. The lowest BCUT2D eigenvalue weighted by Gasteiger charge is -2.08. The first kappa shape index (κ1) is 10.5. The monoisotopic (exact) mass is 199 g/mol. The fraction of sp³-hybridized carbons (Fsp3) is 0.500. The molecule has 1 aromatic rings. The highest BCUT2D eigenvalue weighted by atomic mass is 16.5.